The summed E-state index contributed by atoms with van der Waals surface area (Å²) in [5.41, 5.74) is 1.97. The number of nitrogens with one attached hydrogen (secondary N) is 2. The third-order valence-corrected chi connectivity index (χ3v) is 7.47. The normalized spacial score (nSPS) is 15.9. The Kier molecular flexibility index (Phi) is 7.33. The number of fused-ring (bicyclic) bond motifs is 3. The second-order valence-electron chi connectivity index (χ2n) is 8.18. The first-order valence-electron chi connectivity index (χ1n) is 11.5. The summed E-state index contributed by atoms with van der Waals surface area (Å²) < 4.78 is 5.19. The van der Waals surface area contributed by atoms with E-state index in [0.717, 1.165) is 16.6 Å². The van der Waals surface area contributed by atoms with Crippen molar-refractivity contribution in [3.05, 3.63) is 76.5 Å². The summed E-state index contributed by atoms with van der Waals surface area (Å²) in [5.74, 6) is 0.258. The molecule has 188 valence electrons. The molecule has 0 saturated heterocycles. The van der Waals surface area contributed by atoms with Gasteiger partial charge in [-0.25, -0.2) is 9.89 Å². The number of anilines is 1. The molecule has 0 saturated carbocycles. The Balaban J connectivity index is 1.28. The lowest BCUT2D eigenvalue weighted by Crippen LogP contribution is -2.42. The number of rotatable bonds is 8. The second-order valence-corrected chi connectivity index (χ2v) is 10.2. The first-order chi connectivity index (χ1) is 18.0. The molecule has 2 N–H and O–H groups in total. The van der Waals surface area contributed by atoms with Crippen LogP contribution >= 0.6 is 23.1 Å². The molecule has 37 heavy (non-hydrogen) atoms. The summed E-state index contributed by atoms with van der Waals surface area (Å²) in [4.78, 5) is 50.3. The summed E-state index contributed by atoms with van der Waals surface area (Å²) in [5, 5.41) is 7.97. The van der Waals surface area contributed by atoms with Crippen molar-refractivity contribution in [2.75, 3.05) is 18.2 Å². The van der Waals surface area contributed by atoms with Gasteiger partial charge in [0.25, 0.3) is 5.91 Å². The van der Waals surface area contributed by atoms with Crippen molar-refractivity contribution >= 4 is 63.2 Å². The van der Waals surface area contributed by atoms with E-state index in [4.69, 9.17) is 4.74 Å². The van der Waals surface area contributed by atoms with Crippen LogP contribution in [0.4, 0.5) is 11.4 Å². The second kappa shape index (κ2) is 11.0. The number of hydrogen-bond acceptors (Lipinski definition) is 8. The molecule has 3 aromatic rings. The van der Waals surface area contributed by atoms with Gasteiger partial charge in [0, 0.05) is 22.2 Å². The van der Waals surface area contributed by atoms with Crippen LogP contribution in [-0.2, 0) is 20.9 Å². The van der Waals surface area contributed by atoms with Crippen LogP contribution in [0.2, 0.25) is 0 Å². The first-order valence-corrected chi connectivity index (χ1v) is 13.3. The number of hydrogen-bond donors (Lipinski definition) is 2. The van der Waals surface area contributed by atoms with Crippen molar-refractivity contribution in [1.29, 1.82) is 0 Å². The van der Waals surface area contributed by atoms with Gasteiger partial charge in [-0.15, -0.1) is 11.3 Å². The van der Waals surface area contributed by atoms with Gasteiger partial charge in [-0.1, -0.05) is 36.0 Å². The minimum Gasteiger partial charge on any atom is -0.497 e. The molecule has 0 radical (unpaired) electrons. The van der Waals surface area contributed by atoms with Gasteiger partial charge in [-0.3, -0.25) is 19.4 Å². The number of amides is 3. The summed E-state index contributed by atoms with van der Waals surface area (Å²) in [7, 11) is 1.56. The first kappa shape index (κ1) is 24.7. The largest absolute Gasteiger partial charge is 0.497 e. The van der Waals surface area contributed by atoms with Gasteiger partial charge in [0.05, 0.1) is 31.5 Å². The SMILES string of the molecule is COc1cccc(NC(=O)CSC2=Nc3ccccc3C3=N[C@H](CC(=O)NCc4cccs4)C(=O)N23)c1. The van der Waals surface area contributed by atoms with E-state index in [1.165, 1.54) is 4.90 Å². The van der Waals surface area contributed by atoms with E-state index in [-0.39, 0.29) is 29.9 Å². The summed E-state index contributed by atoms with van der Waals surface area (Å²) in [6.07, 6.45) is -0.0688. The fourth-order valence-electron chi connectivity index (χ4n) is 3.91. The van der Waals surface area contributed by atoms with Gasteiger partial charge in [0.1, 0.15) is 17.6 Å². The Morgan fingerprint density at radius 3 is 2.78 bits per heavy atom. The molecule has 0 unspecified atom stereocenters. The maximum Gasteiger partial charge on any atom is 0.259 e. The van der Waals surface area contributed by atoms with Gasteiger partial charge >= 0.3 is 0 Å². The zero-order valence-corrected chi connectivity index (χ0v) is 21.5. The molecule has 11 heteroatoms. The molecule has 2 aliphatic rings. The van der Waals surface area contributed by atoms with Gasteiger partial charge < -0.3 is 15.4 Å². The minimum atomic E-state index is -0.860. The number of aliphatic imine (C=N–C) groups is 2. The van der Waals surface area contributed by atoms with E-state index in [9.17, 15) is 14.4 Å². The molecular weight excluding hydrogens is 510 g/mol. The quantitative estimate of drug-likeness (QED) is 0.458. The van der Waals surface area contributed by atoms with E-state index in [1.54, 1.807) is 42.7 Å². The minimum absolute atomic E-state index is 0.0290. The third-order valence-electron chi connectivity index (χ3n) is 5.65. The highest BCUT2D eigenvalue weighted by Crippen LogP contribution is 2.34. The highest BCUT2D eigenvalue weighted by atomic mass is 32.2. The molecular formula is C26H23N5O4S2. The zero-order chi connectivity index (χ0) is 25.8. The van der Waals surface area contributed by atoms with Crippen molar-refractivity contribution in [1.82, 2.24) is 10.2 Å². The van der Waals surface area contributed by atoms with E-state index in [2.05, 4.69) is 20.6 Å². The molecule has 9 nitrogen and oxygen atoms in total. The predicted molar refractivity (Wildman–Crippen MR) is 146 cm³/mol. The predicted octanol–water partition coefficient (Wildman–Crippen LogP) is 3.79. The fraction of sp³-hybridized carbons (Fsp3) is 0.192. The molecule has 3 heterocycles. The Morgan fingerprint density at radius 2 is 1.97 bits per heavy atom. The van der Waals surface area contributed by atoms with Crippen LogP contribution < -0.4 is 15.4 Å². The maximum atomic E-state index is 13.4. The smallest absolute Gasteiger partial charge is 0.259 e. The van der Waals surface area contributed by atoms with E-state index >= 15 is 0 Å². The summed E-state index contributed by atoms with van der Waals surface area (Å²) in [6.45, 7) is 0.408. The number of benzene rings is 2. The average Bonchev–Trinajstić information content (AvgIpc) is 3.54. The van der Waals surface area contributed by atoms with Crippen LogP contribution in [0.3, 0.4) is 0 Å². The van der Waals surface area contributed by atoms with Gasteiger partial charge in [0.15, 0.2) is 5.17 Å². The molecule has 2 aliphatic heterocycles. The lowest BCUT2D eigenvalue weighted by molar-refractivity contribution is -0.128. The van der Waals surface area contributed by atoms with Crippen molar-refractivity contribution in [2.45, 2.75) is 19.0 Å². The van der Waals surface area contributed by atoms with Crippen LogP contribution in [0.1, 0.15) is 16.9 Å². The van der Waals surface area contributed by atoms with Crippen LogP contribution in [0.15, 0.2) is 76.0 Å². The zero-order valence-electron chi connectivity index (χ0n) is 19.8. The molecule has 2 aromatic carbocycles. The van der Waals surface area contributed by atoms with Gasteiger partial charge in [0.2, 0.25) is 11.8 Å². The van der Waals surface area contributed by atoms with Crippen molar-refractivity contribution in [3.63, 3.8) is 0 Å². The van der Waals surface area contributed by atoms with Crippen molar-refractivity contribution < 1.29 is 19.1 Å². The molecule has 1 atom stereocenters. The third kappa shape index (κ3) is 5.57. The number of amidine groups is 2. The number of thiophene rings is 1. The fourth-order valence-corrected chi connectivity index (χ4v) is 5.35. The Morgan fingerprint density at radius 1 is 1.11 bits per heavy atom. The molecule has 0 bridgehead atoms. The van der Waals surface area contributed by atoms with E-state index in [1.807, 2.05) is 41.8 Å². The molecule has 3 amide bonds. The molecule has 0 spiro atoms. The summed E-state index contributed by atoms with van der Waals surface area (Å²) >= 11 is 2.69. The standard InChI is InChI=1S/C26H23N5O4S2/c1-35-17-7-4-6-16(12-17)28-23(33)15-37-26-30-20-10-3-2-9-19(20)24-29-21(25(34)31(24)26)13-22(32)27-14-18-8-5-11-36-18/h2-12,21H,13-15H2,1H3,(H,27,32)(H,28,33)/t21-/m1/s1. The van der Waals surface area contributed by atoms with Gasteiger partial charge in [-0.05, 0) is 35.7 Å². The van der Waals surface area contributed by atoms with Crippen molar-refractivity contribution in [3.8, 4) is 5.75 Å². The molecule has 0 aliphatic carbocycles. The lowest BCUT2D eigenvalue weighted by atomic mass is 10.1. The number of thioether (sulfide) groups is 1. The Bertz CT molecular complexity index is 1400. The van der Waals surface area contributed by atoms with Crippen LogP contribution in [0, 0.1) is 0 Å². The molecule has 5 rings (SSSR count). The topological polar surface area (TPSA) is 112 Å². The number of nitrogens with zero attached hydrogens (tertiary/aromatic N) is 3. The highest BCUT2D eigenvalue weighted by Gasteiger charge is 2.42. The molecule has 0 fully saturated rings. The number of carbonyl (C=O) groups excluding carboxylic acids is 3. The van der Waals surface area contributed by atoms with Crippen LogP contribution in [0.5, 0.6) is 5.75 Å². The monoisotopic (exact) mass is 533 g/mol. The Labute approximate surface area is 221 Å². The lowest BCUT2D eigenvalue weighted by Gasteiger charge is -2.25. The van der Waals surface area contributed by atoms with Crippen LogP contribution in [-0.4, -0.2) is 52.5 Å². The van der Waals surface area contributed by atoms with Crippen molar-refractivity contribution in [2.24, 2.45) is 9.98 Å². The molecule has 1 aromatic heterocycles. The maximum absolute atomic E-state index is 13.4. The number of methoxy groups -OCH3 is 1. The number of para-hydroxylation sites is 1. The van der Waals surface area contributed by atoms with E-state index in [0.29, 0.717) is 40.2 Å². The highest BCUT2D eigenvalue weighted by molar-refractivity contribution is 8.14. The average molecular weight is 534 g/mol. The van der Waals surface area contributed by atoms with Crippen LogP contribution in [0.25, 0.3) is 0 Å². The summed E-state index contributed by atoms with van der Waals surface area (Å²) in [6, 6.07) is 17.4. The Hall–Kier alpha value is -3.96. The number of ether oxygens (including phenoxy) is 1. The van der Waals surface area contributed by atoms with E-state index < -0.39 is 6.04 Å². The van der Waals surface area contributed by atoms with Gasteiger partial charge in [-0.2, -0.15) is 0 Å². The number of carbonyl (C=O) groups is 3.